The summed E-state index contributed by atoms with van der Waals surface area (Å²) in [5.41, 5.74) is 0.192. The van der Waals surface area contributed by atoms with Crippen molar-refractivity contribution in [2.24, 2.45) is 10.3 Å². The molecule has 3 amide bonds. The van der Waals surface area contributed by atoms with Crippen LogP contribution < -0.4 is 10.2 Å². The molecule has 1 N–H and O–H groups in total. The van der Waals surface area contributed by atoms with Gasteiger partial charge in [0.15, 0.2) is 23.7 Å². The van der Waals surface area contributed by atoms with E-state index in [9.17, 15) is 28.0 Å². The number of halogens is 2. The third-order valence-corrected chi connectivity index (χ3v) is 5.02. The Kier molecular flexibility index (Phi) is 5.82. The van der Waals surface area contributed by atoms with Crippen molar-refractivity contribution in [1.82, 2.24) is 5.01 Å². The van der Waals surface area contributed by atoms with Crippen molar-refractivity contribution in [3.8, 4) is 0 Å². The normalized spacial score (nSPS) is 19.1. The van der Waals surface area contributed by atoms with E-state index >= 15 is 0 Å². The molecule has 170 valence electrons. The molecule has 0 radical (unpaired) electrons. The van der Waals surface area contributed by atoms with Gasteiger partial charge in [0, 0.05) is 6.07 Å². The predicted molar refractivity (Wildman–Crippen MR) is 109 cm³/mol. The number of ether oxygens (including phenoxy) is 1. The first-order valence-electron chi connectivity index (χ1n) is 9.88. The molecule has 1 fully saturated rings. The third kappa shape index (κ3) is 4.02. The number of benzene rings is 2. The first kappa shape index (κ1) is 22.0. The fourth-order valence-electron chi connectivity index (χ4n) is 3.55. The van der Waals surface area contributed by atoms with E-state index in [0.29, 0.717) is 4.90 Å². The van der Waals surface area contributed by atoms with Gasteiger partial charge in [0.1, 0.15) is 6.54 Å². The molecule has 2 aromatic carbocycles. The molecule has 0 aliphatic carbocycles. The van der Waals surface area contributed by atoms with Crippen molar-refractivity contribution >= 4 is 35.1 Å². The third-order valence-electron chi connectivity index (χ3n) is 5.02. The van der Waals surface area contributed by atoms with Crippen LogP contribution in [0.1, 0.15) is 17.3 Å². The number of carbonyl (C=O) groups excluding carboxylic acids is 4. The van der Waals surface area contributed by atoms with Gasteiger partial charge in [-0.2, -0.15) is 5.11 Å². The maximum Gasteiger partial charge on any atom is 0.340 e. The lowest BCUT2D eigenvalue weighted by Gasteiger charge is -2.20. The van der Waals surface area contributed by atoms with Gasteiger partial charge in [-0.15, -0.1) is 0 Å². The van der Waals surface area contributed by atoms with Gasteiger partial charge in [0.05, 0.1) is 23.5 Å². The van der Waals surface area contributed by atoms with Crippen LogP contribution in [0.5, 0.6) is 0 Å². The van der Waals surface area contributed by atoms with E-state index in [-0.39, 0.29) is 23.5 Å². The molecule has 33 heavy (non-hydrogen) atoms. The summed E-state index contributed by atoms with van der Waals surface area (Å²) in [6, 6.07) is 6.41. The number of nitrogens with zero attached hydrogens (tertiary/aromatic N) is 4. The zero-order valence-corrected chi connectivity index (χ0v) is 17.2. The summed E-state index contributed by atoms with van der Waals surface area (Å²) in [5.74, 6) is -5.13. The Morgan fingerprint density at radius 3 is 2.58 bits per heavy atom. The van der Waals surface area contributed by atoms with Crippen LogP contribution in [0.4, 0.5) is 20.2 Å². The van der Waals surface area contributed by atoms with E-state index in [1.165, 1.54) is 12.1 Å². The average Bonchev–Trinajstić information content (AvgIpc) is 3.30. The lowest BCUT2D eigenvalue weighted by atomic mass is 10.1. The van der Waals surface area contributed by atoms with E-state index < -0.39 is 54.0 Å². The van der Waals surface area contributed by atoms with E-state index in [2.05, 4.69) is 15.7 Å². The highest BCUT2D eigenvalue weighted by Crippen LogP contribution is 2.32. The van der Waals surface area contributed by atoms with Crippen LogP contribution in [-0.2, 0) is 19.1 Å². The molecule has 2 aliphatic rings. The maximum atomic E-state index is 13.6. The molecular formula is C21H17F2N5O5. The minimum Gasteiger partial charge on any atom is -0.462 e. The molecule has 4 rings (SSSR count). The van der Waals surface area contributed by atoms with Crippen LogP contribution in [0.3, 0.4) is 0 Å². The highest BCUT2D eigenvalue weighted by molar-refractivity contribution is 6.25. The van der Waals surface area contributed by atoms with Gasteiger partial charge in [0.2, 0.25) is 5.91 Å². The number of esters is 1. The Morgan fingerprint density at radius 2 is 1.85 bits per heavy atom. The molecule has 0 bridgehead atoms. The molecule has 2 aromatic rings. The Labute approximate surface area is 185 Å². The highest BCUT2D eigenvalue weighted by Gasteiger charge is 2.55. The molecule has 2 aliphatic heterocycles. The lowest BCUT2D eigenvalue weighted by molar-refractivity contribution is -0.123. The van der Waals surface area contributed by atoms with E-state index in [4.69, 9.17) is 4.74 Å². The highest BCUT2D eigenvalue weighted by atomic mass is 19.2. The summed E-state index contributed by atoms with van der Waals surface area (Å²) in [5, 5.41) is 11.1. The van der Waals surface area contributed by atoms with Gasteiger partial charge in [0.25, 0.3) is 11.8 Å². The van der Waals surface area contributed by atoms with Crippen molar-refractivity contribution in [1.29, 1.82) is 0 Å². The van der Waals surface area contributed by atoms with Gasteiger partial charge in [-0.1, -0.05) is 17.4 Å². The van der Waals surface area contributed by atoms with Gasteiger partial charge < -0.3 is 10.1 Å². The topological polar surface area (TPSA) is 121 Å². The molecule has 0 aromatic heterocycles. The Bertz CT molecular complexity index is 1190. The number of rotatable bonds is 6. The molecule has 0 spiro atoms. The minimum absolute atomic E-state index is 0.144. The van der Waals surface area contributed by atoms with E-state index in [1.54, 1.807) is 19.1 Å². The van der Waals surface area contributed by atoms with E-state index in [1.807, 2.05) is 0 Å². The predicted octanol–water partition coefficient (Wildman–Crippen LogP) is 2.07. The fraction of sp³-hybridized carbons (Fsp3) is 0.238. The lowest BCUT2D eigenvalue weighted by Crippen LogP contribution is -2.43. The van der Waals surface area contributed by atoms with Crippen LogP contribution in [0, 0.1) is 11.6 Å². The standard InChI is InChI=1S/C21H17F2N5O5/c1-2-33-21(32)12-5-3-4-6-15(12)24-16(29)10-27-18-17(25-26-27)19(30)28(20(18)31)11-7-8-13(22)14(23)9-11/h3-9,17-18H,2,10H2,1H3,(H,24,29). The second kappa shape index (κ2) is 8.73. The molecule has 12 heteroatoms. The monoisotopic (exact) mass is 457 g/mol. The quantitative estimate of drug-likeness (QED) is 0.524. The van der Waals surface area contributed by atoms with Crippen molar-refractivity contribution in [3.05, 3.63) is 59.7 Å². The van der Waals surface area contributed by atoms with Crippen molar-refractivity contribution in [3.63, 3.8) is 0 Å². The number of imide groups is 1. The second-order valence-corrected chi connectivity index (χ2v) is 7.12. The summed E-state index contributed by atoms with van der Waals surface area (Å²) in [7, 11) is 0. The number of carbonyl (C=O) groups is 4. The summed E-state index contributed by atoms with van der Waals surface area (Å²) < 4.78 is 31.8. The zero-order valence-electron chi connectivity index (χ0n) is 17.2. The van der Waals surface area contributed by atoms with Crippen LogP contribution in [-0.4, -0.2) is 53.9 Å². The average molecular weight is 457 g/mol. The summed E-state index contributed by atoms with van der Waals surface area (Å²) >= 11 is 0. The van der Waals surface area contributed by atoms with Crippen LogP contribution in [0.25, 0.3) is 0 Å². The van der Waals surface area contributed by atoms with Crippen LogP contribution >= 0.6 is 0 Å². The summed E-state index contributed by atoms with van der Waals surface area (Å²) in [4.78, 5) is 50.9. The van der Waals surface area contributed by atoms with Gasteiger partial charge in [-0.05, 0) is 31.2 Å². The Morgan fingerprint density at radius 1 is 1.09 bits per heavy atom. The number of hydrogen-bond acceptors (Lipinski definition) is 8. The number of fused-ring (bicyclic) bond motifs is 1. The summed E-state index contributed by atoms with van der Waals surface area (Å²) in [6.07, 6.45) is 0. The maximum absolute atomic E-state index is 13.6. The summed E-state index contributed by atoms with van der Waals surface area (Å²) in [6.45, 7) is 1.35. The number of para-hydroxylation sites is 1. The van der Waals surface area contributed by atoms with Crippen LogP contribution in [0.15, 0.2) is 52.8 Å². The molecule has 10 nitrogen and oxygen atoms in total. The van der Waals surface area contributed by atoms with Crippen molar-refractivity contribution in [2.45, 2.75) is 19.0 Å². The Hall–Kier alpha value is -4.22. The fourth-order valence-corrected chi connectivity index (χ4v) is 3.55. The molecule has 0 saturated carbocycles. The minimum atomic E-state index is -1.22. The zero-order chi connectivity index (χ0) is 23.7. The van der Waals surface area contributed by atoms with Crippen molar-refractivity contribution in [2.75, 3.05) is 23.4 Å². The number of amides is 3. The second-order valence-electron chi connectivity index (χ2n) is 7.12. The SMILES string of the molecule is CCOC(=O)c1ccccc1NC(=O)CN1N=NC2C(=O)N(c3ccc(F)c(F)c3)C(=O)C21. The van der Waals surface area contributed by atoms with Crippen molar-refractivity contribution < 1.29 is 32.7 Å². The number of hydrogen-bond donors (Lipinski definition) is 1. The number of nitrogens with one attached hydrogen (secondary N) is 1. The van der Waals surface area contributed by atoms with Gasteiger partial charge >= 0.3 is 5.97 Å². The largest absolute Gasteiger partial charge is 0.462 e. The molecular weight excluding hydrogens is 440 g/mol. The van der Waals surface area contributed by atoms with E-state index in [0.717, 1.165) is 23.2 Å². The molecule has 1 saturated heterocycles. The van der Waals surface area contributed by atoms with Gasteiger partial charge in [-0.25, -0.2) is 18.5 Å². The molecule has 2 atom stereocenters. The smallest absolute Gasteiger partial charge is 0.340 e. The Balaban J connectivity index is 1.49. The van der Waals surface area contributed by atoms with Crippen LogP contribution in [0.2, 0.25) is 0 Å². The molecule has 2 heterocycles. The molecule has 2 unspecified atom stereocenters. The first-order valence-corrected chi connectivity index (χ1v) is 9.88. The van der Waals surface area contributed by atoms with Gasteiger partial charge in [-0.3, -0.25) is 19.4 Å². The number of anilines is 2. The first-order chi connectivity index (χ1) is 15.8.